The summed E-state index contributed by atoms with van der Waals surface area (Å²) < 4.78 is 11.3. The van der Waals surface area contributed by atoms with Gasteiger partial charge < -0.3 is 20.1 Å². The molecule has 134 valence electrons. The average Bonchev–Trinajstić information content (AvgIpc) is 2.59. The first-order valence-corrected chi connectivity index (χ1v) is 8.95. The highest BCUT2D eigenvalue weighted by Crippen LogP contribution is 2.28. The van der Waals surface area contributed by atoms with Gasteiger partial charge in [-0.25, -0.2) is 0 Å². The van der Waals surface area contributed by atoms with Crippen LogP contribution in [0.5, 0.6) is 11.5 Å². The van der Waals surface area contributed by atoms with E-state index in [2.05, 4.69) is 42.7 Å². The lowest BCUT2D eigenvalue weighted by atomic mass is 10.1. The molecule has 2 aromatic rings. The van der Waals surface area contributed by atoms with Crippen molar-refractivity contribution in [3.8, 4) is 11.5 Å². The Morgan fingerprint density at radius 3 is 2.40 bits per heavy atom. The average molecular weight is 359 g/mol. The molecule has 5 heteroatoms. The summed E-state index contributed by atoms with van der Waals surface area (Å²) >= 11 is 5.41. The van der Waals surface area contributed by atoms with Crippen LogP contribution >= 0.6 is 12.2 Å². The van der Waals surface area contributed by atoms with E-state index in [1.165, 1.54) is 5.56 Å². The normalized spacial score (nSPS) is 10.2. The summed E-state index contributed by atoms with van der Waals surface area (Å²) in [5.74, 6) is 1.53. The Morgan fingerprint density at radius 2 is 1.68 bits per heavy atom. The lowest BCUT2D eigenvalue weighted by molar-refractivity contribution is 0.287. The van der Waals surface area contributed by atoms with Crippen LogP contribution < -0.4 is 20.1 Å². The number of anilines is 1. The minimum absolute atomic E-state index is 0.598. The molecule has 2 rings (SSSR count). The van der Waals surface area contributed by atoms with Crippen molar-refractivity contribution >= 4 is 23.0 Å². The predicted molar refractivity (Wildman–Crippen MR) is 108 cm³/mol. The Bertz CT molecular complexity index is 732. The summed E-state index contributed by atoms with van der Waals surface area (Å²) in [5, 5.41) is 7.09. The van der Waals surface area contributed by atoms with Gasteiger partial charge >= 0.3 is 0 Å². The third-order valence-electron chi connectivity index (χ3n) is 3.70. The first kappa shape index (κ1) is 19.1. The van der Waals surface area contributed by atoms with E-state index >= 15 is 0 Å². The zero-order valence-electron chi connectivity index (χ0n) is 15.3. The van der Waals surface area contributed by atoms with Crippen molar-refractivity contribution in [2.24, 2.45) is 0 Å². The van der Waals surface area contributed by atoms with Gasteiger partial charge in [-0.05, 0) is 74.8 Å². The molecule has 4 nitrogen and oxygen atoms in total. The smallest absolute Gasteiger partial charge is 0.171 e. The van der Waals surface area contributed by atoms with Crippen LogP contribution in [0.1, 0.15) is 30.5 Å². The second-order valence-corrected chi connectivity index (χ2v) is 6.18. The monoisotopic (exact) mass is 358 g/mol. The van der Waals surface area contributed by atoms with Crippen molar-refractivity contribution in [1.29, 1.82) is 0 Å². The number of nitrogens with one attached hydrogen (secondary N) is 2. The Kier molecular flexibility index (Phi) is 7.07. The highest BCUT2D eigenvalue weighted by Gasteiger charge is 2.07. The predicted octanol–water partition coefficient (Wildman–Crippen LogP) is 4.59. The van der Waals surface area contributed by atoms with Crippen LogP contribution in [0.15, 0.2) is 36.4 Å². The standard InChI is InChI=1S/C20H26N2O2S/c1-5-23-18-10-9-16(12-19(18)24-6-2)13-21-20(25)22-17-11-14(3)7-8-15(17)4/h7-12H,5-6,13H2,1-4H3,(H2,21,22,25). The largest absolute Gasteiger partial charge is 0.490 e. The van der Waals surface area contributed by atoms with Gasteiger partial charge in [0.2, 0.25) is 0 Å². The number of hydrogen-bond donors (Lipinski definition) is 2. The molecule has 0 saturated heterocycles. The van der Waals surface area contributed by atoms with Gasteiger partial charge in [0, 0.05) is 12.2 Å². The molecule has 0 atom stereocenters. The molecule has 0 aliphatic heterocycles. The maximum atomic E-state index is 5.66. The van der Waals surface area contributed by atoms with Crippen molar-refractivity contribution in [1.82, 2.24) is 5.32 Å². The van der Waals surface area contributed by atoms with Crippen molar-refractivity contribution in [3.05, 3.63) is 53.1 Å². The van der Waals surface area contributed by atoms with Crippen molar-refractivity contribution < 1.29 is 9.47 Å². The molecule has 25 heavy (non-hydrogen) atoms. The van der Waals surface area contributed by atoms with Crippen LogP contribution in [0.25, 0.3) is 0 Å². The molecule has 2 aromatic carbocycles. The highest BCUT2D eigenvalue weighted by molar-refractivity contribution is 7.80. The number of benzene rings is 2. The van der Waals surface area contributed by atoms with Gasteiger partial charge in [0.05, 0.1) is 13.2 Å². The molecular formula is C20H26N2O2S. The van der Waals surface area contributed by atoms with E-state index < -0.39 is 0 Å². The minimum Gasteiger partial charge on any atom is -0.490 e. The maximum absolute atomic E-state index is 5.66. The van der Waals surface area contributed by atoms with Crippen molar-refractivity contribution in [2.75, 3.05) is 18.5 Å². The molecule has 0 aliphatic rings. The molecule has 0 aromatic heterocycles. The molecule has 0 bridgehead atoms. The highest BCUT2D eigenvalue weighted by atomic mass is 32.1. The Morgan fingerprint density at radius 1 is 0.960 bits per heavy atom. The molecule has 0 amide bonds. The Hall–Kier alpha value is -2.27. The van der Waals surface area contributed by atoms with E-state index in [9.17, 15) is 0 Å². The zero-order chi connectivity index (χ0) is 18.2. The fourth-order valence-corrected chi connectivity index (χ4v) is 2.61. The van der Waals surface area contributed by atoms with Gasteiger partial charge in [-0.15, -0.1) is 0 Å². The van der Waals surface area contributed by atoms with Crippen LogP contribution in [0, 0.1) is 13.8 Å². The second kappa shape index (κ2) is 9.28. The van der Waals surface area contributed by atoms with Gasteiger partial charge in [-0.3, -0.25) is 0 Å². The van der Waals surface area contributed by atoms with E-state index in [0.717, 1.165) is 28.3 Å². The molecule has 0 aliphatic carbocycles. The van der Waals surface area contributed by atoms with Gasteiger partial charge in [0.1, 0.15) is 0 Å². The first-order chi connectivity index (χ1) is 12.0. The number of ether oxygens (including phenoxy) is 2. The lowest BCUT2D eigenvalue weighted by Crippen LogP contribution is -2.28. The van der Waals surface area contributed by atoms with Gasteiger partial charge in [-0.1, -0.05) is 18.2 Å². The van der Waals surface area contributed by atoms with Gasteiger partial charge in [-0.2, -0.15) is 0 Å². The number of hydrogen-bond acceptors (Lipinski definition) is 3. The summed E-state index contributed by atoms with van der Waals surface area (Å²) in [6.45, 7) is 9.88. The summed E-state index contributed by atoms with van der Waals surface area (Å²) in [6, 6.07) is 12.2. The quantitative estimate of drug-likeness (QED) is 0.709. The summed E-state index contributed by atoms with van der Waals surface area (Å²) in [7, 11) is 0. The maximum Gasteiger partial charge on any atom is 0.171 e. The molecule has 0 fully saturated rings. The van der Waals surface area contributed by atoms with Gasteiger partial charge in [0.25, 0.3) is 0 Å². The third-order valence-corrected chi connectivity index (χ3v) is 3.95. The van der Waals surface area contributed by atoms with Crippen LogP contribution in [0.4, 0.5) is 5.69 Å². The van der Waals surface area contributed by atoms with Crippen LogP contribution in [-0.4, -0.2) is 18.3 Å². The van der Waals surface area contributed by atoms with E-state index in [0.29, 0.717) is 24.9 Å². The van der Waals surface area contributed by atoms with Crippen LogP contribution in [0.2, 0.25) is 0 Å². The molecule has 0 unspecified atom stereocenters. The topological polar surface area (TPSA) is 42.5 Å². The van der Waals surface area contributed by atoms with Crippen molar-refractivity contribution in [2.45, 2.75) is 34.2 Å². The molecule has 0 heterocycles. The van der Waals surface area contributed by atoms with Crippen LogP contribution in [-0.2, 0) is 6.54 Å². The summed E-state index contributed by atoms with van der Waals surface area (Å²) in [5.41, 5.74) is 4.47. The molecule has 0 spiro atoms. The third kappa shape index (κ3) is 5.64. The van der Waals surface area contributed by atoms with E-state index in [1.807, 2.05) is 32.0 Å². The van der Waals surface area contributed by atoms with E-state index in [4.69, 9.17) is 21.7 Å². The second-order valence-electron chi connectivity index (χ2n) is 5.77. The fraction of sp³-hybridized carbons (Fsp3) is 0.350. The molecule has 2 N–H and O–H groups in total. The van der Waals surface area contributed by atoms with E-state index in [1.54, 1.807) is 0 Å². The lowest BCUT2D eigenvalue weighted by Gasteiger charge is -2.15. The summed E-state index contributed by atoms with van der Waals surface area (Å²) in [4.78, 5) is 0. The van der Waals surface area contributed by atoms with E-state index in [-0.39, 0.29) is 0 Å². The Labute approximate surface area is 155 Å². The molecule has 0 saturated carbocycles. The van der Waals surface area contributed by atoms with Crippen molar-refractivity contribution in [3.63, 3.8) is 0 Å². The number of thiocarbonyl (C=S) groups is 1. The zero-order valence-corrected chi connectivity index (χ0v) is 16.1. The Balaban J connectivity index is 1.99. The fourth-order valence-electron chi connectivity index (χ4n) is 2.42. The minimum atomic E-state index is 0.598. The number of aryl methyl sites for hydroxylation is 2. The SMILES string of the molecule is CCOc1ccc(CNC(=S)Nc2cc(C)ccc2C)cc1OCC. The molecule has 0 radical (unpaired) electrons. The summed E-state index contributed by atoms with van der Waals surface area (Å²) in [6.07, 6.45) is 0. The number of rotatable bonds is 7. The first-order valence-electron chi connectivity index (χ1n) is 8.54. The van der Waals surface area contributed by atoms with Gasteiger partial charge in [0.15, 0.2) is 16.6 Å². The molecular weight excluding hydrogens is 332 g/mol. The van der Waals surface area contributed by atoms with Crippen LogP contribution in [0.3, 0.4) is 0 Å².